The average molecular weight is 382 g/mol. The Kier molecular flexibility index (Phi) is 7.12. The van der Waals surface area contributed by atoms with Crippen molar-refractivity contribution in [2.24, 2.45) is 11.8 Å². The van der Waals surface area contributed by atoms with E-state index in [-0.39, 0.29) is 23.8 Å². The summed E-state index contributed by atoms with van der Waals surface area (Å²) < 4.78 is 5.31. The van der Waals surface area contributed by atoms with Crippen molar-refractivity contribution in [2.75, 3.05) is 26.2 Å². The van der Waals surface area contributed by atoms with Crippen molar-refractivity contribution in [2.45, 2.75) is 71.9 Å². The number of nitrogens with zero attached hydrogens (tertiary/aromatic N) is 2. The van der Waals surface area contributed by atoms with E-state index in [1.165, 1.54) is 0 Å². The molecule has 2 aliphatic heterocycles. The van der Waals surface area contributed by atoms with Gasteiger partial charge in [0.2, 0.25) is 11.8 Å². The molecule has 0 aromatic rings. The van der Waals surface area contributed by atoms with Crippen molar-refractivity contribution >= 4 is 17.9 Å². The van der Waals surface area contributed by atoms with Gasteiger partial charge in [0.15, 0.2) is 0 Å². The minimum absolute atomic E-state index is 0.0148. The molecule has 2 saturated heterocycles. The Morgan fingerprint density at radius 2 is 1.81 bits per heavy atom. The molecule has 0 saturated carbocycles. The fraction of sp³-hybridized carbons (Fsp3) is 0.850. The fourth-order valence-corrected chi connectivity index (χ4v) is 3.94. The number of likely N-dealkylation sites (tertiary alicyclic amines) is 1. The number of hydrogen-bond donors (Lipinski definition) is 1. The lowest BCUT2D eigenvalue weighted by Gasteiger charge is -2.51. The number of carbonyl (C=O) groups is 3. The van der Waals surface area contributed by atoms with E-state index in [1.807, 2.05) is 20.8 Å². The van der Waals surface area contributed by atoms with Gasteiger partial charge >= 0.3 is 6.09 Å². The maximum Gasteiger partial charge on any atom is 0.409 e. The average Bonchev–Trinajstić information content (AvgIpc) is 2.61. The second-order valence-electron chi connectivity index (χ2n) is 8.63. The summed E-state index contributed by atoms with van der Waals surface area (Å²) in [6.45, 7) is 11.9. The van der Waals surface area contributed by atoms with E-state index in [2.05, 4.69) is 19.2 Å². The molecule has 0 aromatic carbocycles. The van der Waals surface area contributed by atoms with Gasteiger partial charge in [-0.05, 0) is 37.5 Å². The second-order valence-corrected chi connectivity index (χ2v) is 8.63. The molecule has 154 valence electrons. The van der Waals surface area contributed by atoms with Gasteiger partial charge in [0.05, 0.1) is 6.61 Å². The molecular weight excluding hydrogens is 346 g/mol. The Morgan fingerprint density at radius 1 is 1.19 bits per heavy atom. The Labute approximate surface area is 162 Å². The van der Waals surface area contributed by atoms with Gasteiger partial charge < -0.3 is 19.9 Å². The molecule has 1 N–H and O–H groups in total. The summed E-state index contributed by atoms with van der Waals surface area (Å²) in [5.74, 6) is 0.552. The first-order chi connectivity index (χ1) is 12.7. The minimum atomic E-state index is -0.838. The van der Waals surface area contributed by atoms with Crippen molar-refractivity contribution in [1.29, 1.82) is 0 Å². The van der Waals surface area contributed by atoms with Crippen LogP contribution in [-0.4, -0.2) is 65.5 Å². The summed E-state index contributed by atoms with van der Waals surface area (Å²) in [4.78, 5) is 41.8. The molecule has 0 aliphatic carbocycles. The monoisotopic (exact) mass is 381 g/mol. The van der Waals surface area contributed by atoms with Crippen molar-refractivity contribution in [1.82, 2.24) is 15.1 Å². The number of piperazine rings is 1. The quantitative estimate of drug-likeness (QED) is 0.766. The van der Waals surface area contributed by atoms with Gasteiger partial charge in [0.1, 0.15) is 11.6 Å². The van der Waals surface area contributed by atoms with Crippen LogP contribution in [0.2, 0.25) is 0 Å². The molecule has 3 amide bonds. The van der Waals surface area contributed by atoms with Crippen molar-refractivity contribution in [3.8, 4) is 0 Å². The van der Waals surface area contributed by atoms with Gasteiger partial charge in [-0.2, -0.15) is 0 Å². The van der Waals surface area contributed by atoms with Crippen LogP contribution in [0.1, 0.15) is 60.3 Å². The molecule has 2 heterocycles. The summed E-state index contributed by atoms with van der Waals surface area (Å²) in [5.41, 5.74) is -0.838. The van der Waals surface area contributed by atoms with Crippen LogP contribution in [0, 0.1) is 11.8 Å². The van der Waals surface area contributed by atoms with Gasteiger partial charge in [-0.3, -0.25) is 9.59 Å². The summed E-state index contributed by atoms with van der Waals surface area (Å²) >= 11 is 0. The van der Waals surface area contributed by atoms with Crippen LogP contribution < -0.4 is 5.32 Å². The van der Waals surface area contributed by atoms with E-state index in [9.17, 15) is 14.4 Å². The van der Waals surface area contributed by atoms with E-state index in [0.717, 1.165) is 6.42 Å². The van der Waals surface area contributed by atoms with E-state index in [4.69, 9.17) is 4.74 Å². The number of hydrogen-bond acceptors (Lipinski definition) is 4. The number of rotatable bonds is 6. The molecular formula is C20H35N3O4. The Balaban J connectivity index is 2.10. The van der Waals surface area contributed by atoms with Gasteiger partial charge in [-0.25, -0.2) is 4.79 Å². The number of amides is 3. The molecule has 7 heteroatoms. The molecule has 0 bridgehead atoms. The molecule has 27 heavy (non-hydrogen) atoms. The summed E-state index contributed by atoms with van der Waals surface area (Å²) in [7, 11) is 0. The number of piperidine rings is 1. The minimum Gasteiger partial charge on any atom is -0.449 e. The molecule has 1 atom stereocenters. The maximum atomic E-state index is 13.1. The lowest BCUT2D eigenvalue weighted by atomic mass is 9.81. The lowest BCUT2D eigenvalue weighted by molar-refractivity contribution is -0.161. The highest BCUT2D eigenvalue weighted by atomic mass is 16.6. The van der Waals surface area contributed by atoms with Crippen LogP contribution in [0.4, 0.5) is 4.79 Å². The van der Waals surface area contributed by atoms with Crippen LogP contribution in [0.5, 0.6) is 0 Å². The zero-order valence-corrected chi connectivity index (χ0v) is 17.4. The largest absolute Gasteiger partial charge is 0.449 e. The zero-order valence-electron chi connectivity index (χ0n) is 17.4. The third-order valence-electron chi connectivity index (χ3n) is 5.35. The van der Waals surface area contributed by atoms with Crippen molar-refractivity contribution < 1.29 is 19.1 Å². The van der Waals surface area contributed by atoms with Crippen molar-refractivity contribution in [3.63, 3.8) is 0 Å². The first kappa shape index (κ1) is 21.5. The predicted molar refractivity (Wildman–Crippen MR) is 103 cm³/mol. The normalized spacial score (nSPS) is 22.6. The highest BCUT2D eigenvalue weighted by Crippen LogP contribution is 2.34. The second kappa shape index (κ2) is 8.93. The predicted octanol–water partition coefficient (Wildman–Crippen LogP) is 2.40. The standard InChI is InChI=1S/C20H35N3O4/c1-6-9-23-17(24)16(12-14(2)3)21-18(25)20(23)7-10-22(11-8-20)19(26)27-13-15(4)5/h14-16H,6-13H2,1-5H3,(H,21,25). The number of ether oxygens (including phenoxy) is 1. The van der Waals surface area contributed by atoms with Crippen LogP contribution in [0.15, 0.2) is 0 Å². The molecule has 1 unspecified atom stereocenters. The number of carbonyl (C=O) groups excluding carboxylic acids is 3. The molecule has 2 fully saturated rings. The summed E-state index contributed by atoms with van der Waals surface area (Å²) in [6.07, 6.45) is 2.02. The van der Waals surface area contributed by atoms with E-state index >= 15 is 0 Å². The molecule has 7 nitrogen and oxygen atoms in total. The maximum absolute atomic E-state index is 13.1. The third kappa shape index (κ3) is 4.74. The van der Waals surface area contributed by atoms with Gasteiger partial charge in [-0.1, -0.05) is 34.6 Å². The van der Waals surface area contributed by atoms with Crippen LogP contribution in [-0.2, 0) is 14.3 Å². The SMILES string of the molecule is CCCN1C(=O)C(CC(C)C)NC(=O)C12CCN(C(=O)OCC(C)C)CC2. The fourth-order valence-electron chi connectivity index (χ4n) is 3.94. The topological polar surface area (TPSA) is 79.0 Å². The van der Waals surface area contributed by atoms with E-state index in [0.29, 0.717) is 51.4 Å². The van der Waals surface area contributed by atoms with E-state index < -0.39 is 11.6 Å². The lowest BCUT2D eigenvalue weighted by Crippen LogP contribution is -2.73. The first-order valence-corrected chi connectivity index (χ1v) is 10.3. The summed E-state index contributed by atoms with van der Waals surface area (Å²) in [6, 6.07) is -0.441. The van der Waals surface area contributed by atoms with Gasteiger partial charge in [0, 0.05) is 19.6 Å². The zero-order chi connectivity index (χ0) is 20.2. The Hall–Kier alpha value is -1.79. The van der Waals surface area contributed by atoms with E-state index in [1.54, 1.807) is 9.80 Å². The van der Waals surface area contributed by atoms with Crippen LogP contribution >= 0.6 is 0 Å². The highest BCUT2D eigenvalue weighted by Gasteiger charge is 2.53. The van der Waals surface area contributed by atoms with Crippen LogP contribution in [0.3, 0.4) is 0 Å². The van der Waals surface area contributed by atoms with Crippen molar-refractivity contribution in [3.05, 3.63) is 0 Å². The molecule has 0 aromatic heterocycles. The number of nitrogens with one attached hydrogen (secondary N) is 1. The van der Waals surface area contributed by atoms with Crippen LogP contribution in [0.25, 0.3) is 0 Å². The molecule has 0 radical (unpaired) electrons. The Morgan fingerprint density at radius 3 is 2.33 bits per heavy atom. The summed E-state index contributed by atoms with van der Waals surface area (Å²) in [5, 5.41) is 2.97. The van der Waals surface area contributed by atoms with Gasteiger partial charge in [0.25, 0.3) is 0 Å². The smallest absolute Gasteiger partial charge is 0.409 e. The van der Waals surface area contributed by atoms with Gasteiger partial charge in [-0.15, -0.1) is 0 Å². The highest BCUT2D eigenvalue weighted by molar-refractivity contribution is 6.00. The Bertz CT molecular complexity index is 553. The molecule has 2 aliphatic rings. The molecule has 2 rings (SSSR count). The first-order valence-electron chi connectivity index (χ1n) is 10.3. The molecule has 1 spiro atoms. The third-order valence-corrected chi connectivity index (χ3v) is 5.35.